The highest BCUT2D eigenvalue weighted by molar-refractivity contribution is 7.09. The molecule has 17 heavy (non-hydrogen) atoms. The Morgan fingerprint density at radius 1 is 1.53 bits per heavy atom. The van der Waals surface area contributed by atoms with Crippen LogP contribution < -0.4 is 5.32 Å². The Labute approximate surface area is 108 Å². The molecule has 1 aromatic rings. The molecule has 3 nitrogen and oxygen atoms in total. The molecule has 1 N–H and O–H groups in total. The van der Waals surface area contributed by atoms with Crippen molar-refractivity contribution in [2.24, 2.45) is 0 Å². The Balaban J connectivity index is 1.98. The first-order valence-electron chi connectivity index (χ1n) is 6.58. The van der Waals surface area contributed by atoms with Gasteiger partial charge in [0.2, 0.25) is 0 Å². The highest BCUT2D eigenvalue weighted by Crippen LogP contribution is 2.28. The van der Waals surface area contributed by atoms with Crippen LogP contribution in [0.25, 0.3) is 0 Å². The maximum absolute atomic E-state index is 4.68. The van der Waals surface area contributed by atoms with Gasteiger partial charge in [0, 0.05) is 30.6 Å². The summed E-state index contributed by atoms with van der Waals surface area (Å²) < 4.78 is 0. The van der Waals surface area contributed by atoms with Gasteiger partial charge in [-0.3, -0.25) is 4.90 Å². The molecule has 0 bridgehead atoms. The Kier molecular flexibility index (Phi) is 4.54. The van der Waals surface area contributed by atoms with Crippen molar-refractivity contribution in [1.29, 1.82) is 0 Å². The zero-order valence-corrected chi connectivity index (χ0v) is 11.9. The molecule has 1 aliphatic rings. The van der Waals surface area contributed by atoms with Gasteiger partial charge in [-0.05, 0) is 33.2 Å². The molecule has 0 aliphatic carbocycles. The summed E-state index contributed by atoms with van der Waals surface area (Å²) in [6.07, 6.45) is 3.95. The highest BCUT2D eigenvalue weighted by atomic mass is 32.1. The summed E-state index contributed by atoms with van der Waals surface area (Å²) in [6.45, 7) is 6.55. The summed E-state index contributed by atoms with van der Waals surface area (Å²) in [6, 6.07) is 1.48. The number of nitrogens with one attached hydrogen (secondary N) is 1. The summed E-state index contributed by atoms with van der Waals surface area (Å²) >= 11 is 1.77. The lowest BCUT2D eigenvalue weighted by molar-refractivity contribution is 0.187. The molecule has 0 radical (unpaired) electrons. The van der Waals surface area contributed by atoms with Crippen molar-refractivity contribution >= 4 is 11.3 Å². The van der Waals surface area contributed by atoms with Crippen LogP contribution in [-0.4, -0.2) is 29.0 Å². The third kappa shape index (κ3) is 3.06. The SMILES string of the molecule is CCC1CCC(C)N1Cc1csc(CNC)n1. The van der Waals surface area contributed by atoms with Gasteiger partial charge in [0.1, 0.15) is 5.01 Å². The Bertz CT molecular complexity index is 350. The van der Waals surface area contributed by atoms with E-state index in [0.29, 0.717) is 0 Å². The van der Waals surface area contributed by atoms with Crippen LogP contribution in [0.2, 0.25) is 0 Å². The van der Waals surface area contributed by atoms with E-state index in [1.54, 1.807) is 11.3 Å². The van der Waals surface area contributed by atoms with E-state index in [9.17, 15) is 0 Å². The van der Waals surface area contributed by atoms with Gasteiger partial charge in [-0.25, -0.2) is 4.98 Å². The average molecular weight is 253 g/mol. The van der Waals surface area contributed by atoms with Gasteiger partial charge in [0.15, 0.2) is 0 Å². The molecule has 1 aliphatic heterocycles. The Morgan fingerprint density at radius 2 is 2.35 bits per heavy atom. The molecular weight excluding hydrogens is 230 g/mol. The van der Waals surface area contributed by atoms with Crippen molar-refractivity contribution in [1.82, 2.24) is 15.2 Å². The predicted molar refractivity (Wildman–Crippen MR) is 73.2 cm³/mol. The lowest BCUT2D eigenvalue weighted by atomic mass is 10.1. The third-order valence-electron chi connectivity index (χ3n) is 3.70. The van der Waals surface area contributed by atoms with Crippen molar-refractivity contribution in [3.05, 3.63) is 16.1 Å². The van der Waals surface area contributed by atoms with Gasteiger partial charge in [0.25, 0.3) is 0 Å². The summed E-state index contributed by atoms with van der Waals surface area (Å²) in [5.74, 6) is 0. The first kappa shape index (κ1) is 13.0. The second-order valence-corrected chi connectivity index (χ2v) is 5.87. The minimum absolute atomic E-state index is 0.717. The Hall–Kier alpha value is -0.450. The van der Waals surface area contributed by atoms with E-state index in [2.05, 4.69) is 34.4 Å². The number of aromatic nitrogens is 1. The van der Waals surface area contributed by atoms with E-state index in [-0.39, 0.29) is 0 Å². The van der Waals surface area contributed by atoms with E-state index >= 15 is 0 Å². The van der Waals surface area contributed by atoms with Crippen LogP contribution >= 0.6 is 11.3 Å². The third-order valence-corrected chi connectivity index (χ3v) is 4.59. The number of thiazole rings is 1. The monoisotopic (exact) mass is 253 g/mol. The number of nitrogens with zero attached hydrogens (tertiary/aromatic N) is 2. The molecule has 1 fully saturated rings. The zero-order chi connectivity index (χ0) is 12.3. The van der Waals surface area contributed by atoms with Gasteiger partial charge in [-0.1, -0.05) is 6.92 Å². The molecule has 0 saturated carbocycles. The maximum atomic E-state index is 4.68. The van der Waals surface area contributed by atoms with Gasteiger partial charge in [-0.2, -0.15) is 0 Å². The van der Waals surface area contributed by atoms with Gasteiger partial charge in [-0.15, -0.1) is 11.3 Å². The van der Waals surface area contributed by atoms with Gasteiger partial charge < -0.3 is 5.32 Å². The minimum atomic E-state index is 0.717. The fourth-order valence-electron chi connectivity index (χ4n) is 2.69. The van der Waals surface area contributed by atoms with Crippen LogP contribution in [0.3, 0.4) is 0 Å². The zero-order valence-electron chi connectivity index (χ0n) is 11.1. The van der Waals surface area contributed by atoms with Crippen LogP contribution in [0.15, 0.2) is 5.38 Å². The van der Waals surface area contributed by atoms with E-state index in [4.69, 9.17) is 0 Å². The fraction of sp³-hybridized carbons (Fsp3) is 0.769. The van der Waals surface area contributed by atoms with Crippen molar-refractivity contribution in [2.75, 3.05) is 7.05 Å². The minimum Gasteiger partial charge on any atom is -0.314 e. The standard InChI is InChI=1S/C13H23N3S/c1-4-12-6-5-10(2)16(12)8-11-9-17-13(15-11)7-14-3/h9-10,12,14H,4-8H2,1-3H3. The lowest BCUT2D eigenvalue weighted by Crippen LogP contribution is -2.33. The average Bonchev–Trinajstić information content (AvgIpc) is 2.89. The molecule has 0 aromatic carbocycles. The van der Waals surface area contributed by atoms with Crippen molar-refractivity contribution < 1.29 is 0 Å². The number of hydrogen-bond acceptors (Lipinski definition) is 4. The Morgan fingerprint density at radius 3 is 3.06 bits per heavy atom. The summed E-state index contributed by atoms with van der Waals surface area (Å²) in [5.41, 5.74) is 1.24. The molecule has 4 heteroatoms. The predicted octanol–water partition coefficient (Wildman–Crippen LogP) is 2.63. The molecule has 0 spiro atoms. The smallest absolute Gasteiger partial charge is 0.107 e. The second kappa shape index (κ2) is 5.94. The molecule has 2 heterocycles. The summed E-state index contributed by atoms with van der Waals surface area (Å²) in [5, 5.41) is 6.56. The molecule has 2 atom stereocenters. The van der Waals surface area contributed by atoms with E-state index in [1.807, 2.05) is 7.05 Å². The van der Waals surface area contributed by atoms with E-state index in [0.717, 1.165) is 25.2 Å². The molecule has 2 unspecified atom stereocenters. The largest absolute Gasteiger partial charge is 0.314 e. The van der Waals surface area contributed by atoms with Crippen LogP contribution in [0.5, 0.6) is 0 Å². The highest BCUT2D eigenvalue weighted by Gasteiger charge is 2.29. The van der Waals surface area contributed by atoms with Crippen molar-refractivity contribution in [3.63, 3.8) is 0 Å². The molecule has 1 saturated heterocycles. The topological polar surface area (TPSA) is 28.2 Å². The second-order valence-electron chi connectivity index (χ2n) is 4.92. The van der Waals surface area contributed by atoms with Crippen LogP contribution in [0, 0.1) is 0 Å². The van der Waals surface area contributed by atoms with Gasteiger partial charge >= 0.3 is 0 Å². The first-order valence-corrected chi connectivity index (χ1v) is 7.46. The van der Waals surface area contributed by atoms with E-state index in [1.165, 1.54) is 30.0 Å². The van der Waals surface area contributed by atoms with Crippen LogP contribution in [0.1, 0.15) is 43.8 Å². The lowest BCUT2D eigenvalue weighted by Gasteiger charge is -2.26. The summed E-state index contributed by atoms with van der Waals surface area (Å²) in [4.78, 5) is 7.30. The molecule has 96 valence electrons. The van der Waals surface area contributed by atoms with Crippen LogP contribution in [-0.2, 0) is 13.1 Å². The van der Waals surface area contributed by atoms with Crippen molar-refractivity contribution in [2.45, 2.75) is 58.3 Å². The van der Waals surface area contributed by atoms with Crippen molar-refractivity contribution in [3.8, 4) is 0 Å². The van der Waals surface area contributed by atoms with E-state index < -0.39 is 0 Å². The number of likely N-dealkylation sites (tertiary alicyclic amines) is 1. The normalized spacial score (nSPS) is 25.6. The summed E-state index contributed by atoms with van der Waals surface area (Å²) in [7, 11) is 1.97. The molecule has 2 rings (SSSR count). The molecule has 0 amide bonds. The molecular formula is C13H23N3S. The fourth-order valence-corrected chi connectivity index (χ4v) is 3.49. The van der Waals surface area contributed by atoms with Crippen LogP contribution in [0.4, 0.5) is 0 Å². The maximum Gasteiger partial charge on any atom is 0.107 e. The number of hydrogen-bond donors (Lipinski definition) is 1. The van der Waals surface area contributed by atoms with Gasteiger partial charge in [0.05, 0.1) is 5.69 Å². The quantitative estimate of drug-likeness (QED) is 0.874. The number of rotatable bonds is 5. The first-order chi connectivity index (χ1) is 8.24. The molecule has 1 aromatic heterocycles.